The number of hydrogen-bond acceptors (Lipinski definition) is 5. The minimum atomic E-state index is 0. The first-order chi connectivity index (χ1) is 14.3. The van der Waals surface area contributed by atoms with E-state index < -0.39 is 0 Å². The highest BCUT2D eigenvalue weighted by Gasteiger charge is 2.28. The molecular weight excluding hydrogens is 450 g/mol. The molecule has 6 nitrogen and oxygen atoms in total. The molecule has 158 valence electrons. The zero-order chi connectivity index (χ0) is 19.8. The number of aryl methyl sites for hydroxylation is 2. The Labute approximate surface area is 186 Å². The molecule has 30 heavy (non-hydrogen) atoms. The average molecular weight is 474 g/mol. The second-order valence-corrected chi connectivity index (χ2v) is 7.11. The maximum atomic E-state index is 6.06. The van der Waals surface area contributed by atoms with Crippen LogP contribution in [0, 0.1) is 0 Å². The van der Waals surface area contributed by atoms with Gasteiger partial charge in [-0.05, 0) is 42.1 Å². The second kappa shape index (κ2) is 8.70. The molecule has 0 radical (unpaired) electrons. The lowest BCUT2D eigenvalue weighted by Gasteiger charge is -2.18. The number of pyridine rings is 1. The van der Waals surface area contributed by atoms with Gasteiger partial charge in [0.2, 0.25) is 12.5 Å². The van der Waals surface area contributed by atoms with E-state index in [1.807, 2.05) is 13.0 Å². The van der Waals surface area contributed by atoms with Gasteiger partial charge in [0, 0.05) is 19.1 Å². The molecule has 2 aliphatic heterocycles. The van der Waals surface area contributed by atoms with Crippen LogP contribution in [0.5, 0.6) is 23.0 Å². The van der Waals surface area contributed by atoms with Crippen LogP contribution in [0.25, 0.3) is 22.0 Å². The van der Waals surface area contributed by atoms with Crippen LogP contribution in [0.4, 0.5) is 0 Å². The van der Waals surface area contributed by atoms with Gasteiger partial charge in [0.25, 0.3) is 0 Å². The zero-order valence-electron chi connectivity index (χ0n) is 17.1. The van der Waals surface area contributed by atoms with Crippen LogP contribution in [0.15, 0.2) is 36.5 Å². The van der Waals surface area contributed by atoms with Gasteiger partial charge in [-0.3, -0.25) is 0 Å². The van der Waals surface area contributed by atoms with Gasteiger partial charge in [-0.25, -0.2) is 0 Å². The van der Waals surface area contributed by atoms with Crippen LogP contribution in [-0.4, -0.2) is 33.7 Å². The Bertz CT molecular complexity index is 1090. The van der Waals surface area contributed by atoms with E-state index in [0.717, 1.165) is 46.7 Å². The molecular formula is C23H24BrNO5. The number of ether oxygens (including phenoxy) is 5. The van der Waals surface area contributed by atoms with Crippen LogP contribution in [0.1, 0.15) is 12.5 Å². The summed E-state index contributed by atoms with van der Waals surface area (Å²) in [7, 11) is 1.67. The normalized spacial score (nSPS) is 13.4. The number of benzene rings is 2. The van der Waals surface area contributed by atoms with Crippen molar-refractivity contribution in [3.8, 4) is 34.3 Å². The summed E-state index contributed by atoms with van der Waals surface area (Å²) in [6, 6.07) is 10.5. The van der Waals surface area contributed by atoms with Crippen molar-refractivity contribution in [3.63, 3.8) is 0 Å². The first kappa shape index (κ1) is 20.8. The van der Waals surface area contributed by atoms with E-state index in [2.05, 4.69) is 35.0 Å². The lowest BCUT2D eigenvalue weighted by molar-refractivity contribution is -0.686. The number of methoxy groups -OCH3 is 1. The lowest BCUT2D eigenvalue weighted by Crippen LogP contribution is -3.00. The Kier molecular flexibility index (Phi) is 6.01. The minimum Gasteiger partial charge on any atom is -1.00 e. The van der Waals surface area contributed by atoms with Crippen molar-refractivity contribution in [2.45, 2.75) is 19.9 Å². The van der Waals surface area contributed by atoms with Gasteiger partial charge in [-0.1, -0.05) is 0 Å². The number of halogens is 1. The quantitative estimate of drug-likeness (QED) is 0.385. The summed E-state index contributed by atoms with van der Waals surface area (Å²) in [6.45, 7) is 4.88. The Morgan fingerprint density at radius 2 is 1.90 bits per heavy atom. The lowest BCUT2D eigenvalue weighted by atomic mass is 9.95. The molecule has 1 aromatic heterocycles. The monoisotopic (exact) mass is 473 g/mol. The molecule has 2 aromatic carbocycles. The largest absolute Gasteiger partial charge is 1.00 e. The molecule has 0 saturated carbocycles. The van der Waals surface area contributed by atoms with Crippen molar-refractivity contribution < 1.29 is 45.2 Å². The van der Waals surface area contributed by atoms with E-state index in [1.54, 1.807) is 7.11 Å². The number of hydrogen-bond donors (Lipinski definition) is 0. The Hall–Kier alpha value is -2.51. The van der Waals surface area contributed by atoms with Gasteiger partial charge in [-0.2, -0.15) is 4.57 Å². The summed E-state index contributed by atoms with van der Waals surface area (Å²) < 4.78 is 30.5. The Balaban J connectivity index is 0.00000218. The van der Waals surface area contributed by atoms with Crippen molar-refractivity contribution in [1.82, 2.24) is 0 Å². The molecule has 3 heterocycles. The Morgan fingerprint density at radius 1 is 1.07 bits per heavy atom. The molecule has 3 aromatic rings. The third-order valence-corrected chi connectivity index (χ3v) is 5.47. The zero-order valence-corrected chi connectivity index (χ0v) is 18.7. The molecule has 7 heteroatoms. The number of aromatic nitrogens is 1. The van der Waals surface area contributed by atoms with Crippen LogP contribution in [0.2, 0.25) is 0 Å². The molecule has 0 spiro atoms. The van der Waals surface area contributed by atoms with Crippen LogP contribution < -0.4 is 40.5 Å². The van der Waals surface area contributed by atoms with E-state index in [-0.39, 0.29) is 23.8 Å². The topological polar surface area (TPSA) is 50.0 Å². The number of fused-ring (bicyclic) bond motifs is 5. The van der Waals surface area contributed by atoms with Crippen molar-refractivity contribution >= 4 is 10.8 Å². The molecule has 0 atom stereocenters. The Morgan fingerprint density at radius 3 is 2.70 bits per heavy atom. The first-order valence-electron chi connectivity index (χ1n) is 9.96. The summed E-state index contributed by atoms with van der Waals surface area (Å²) in [5.41, 5.74) is 3.65. The highest BCUT2D eigenvalue weighted by molar-refractivity contribution is 5.91. The van der Waals surface area contributed by atoms with E-state index in [1.165, 1.54) is 16.8 Å². The molecule has 0 fully saturated rings. The predicted molar refractivity (Wildman–Crippen MR) is 108 cm³/mol. The first-order valence-corrected chi connectivity index (χ1v) is 9.96. The molecule has 0 saturated heterocycles. The van der Waals surface area contributed by atoms with Crippen LogP contribution in [-0.2, 0) is 17.7 Å². The van der Waals surface area contributed by atoms with Gasteiger partial charge in [0.05, 0.1) is 24.7 Å². The van der Waals surface area contributed by atoms with E-state index in [4.69, 9.17) is 23.7 Å². The summed E-state index contributed by atoms with van der Waals surface area (Å²) in [5, 5.41) is 2.14. The van der Waals surface area contributed by atoms with Crippen molar-refractivity contribution in [1.29, 1.82) is 0 Å². The summed E-state index contributed by atoms with van der Waals surface area (Å²) in [5.74, 6) is 3.14. The fourth-order valence-corrected chi connectivity index (χ4v) is 4.05. The fourth-order valence-electron chi connectivity index (χ4n) is 4.05. The predicted octanol–water partition coefficient (Wildman–Crippen LogP) is 0.507. The standard InChI is InChI=1S/C23H24NO5.BrH/c1-3-26-8-9-27-23-18-13-24-7-6-16-11-21-22(29-14-28-21)12-17(16)19(24)10-15(18)4-5-20(23)25-2;/h4-5,10-13H,3,6-9,14H2,1-2H3;1H/q+1;/p-1. The molecule has 2 aliphatic rings. The molecule has 0 amide bonds. The molecule has 0 bridgehead atoms. The van der Waals surface area contributed by atoms with Crippen molar-refractivity contribution in [2.75, 3.05) is 33.7 Å². The third-order valence-electron chi connectivity index (χ3n) is 5.47. The smallest absolute Gasteiger partial charge is 0.231 e. The van der Waals surface area contributed by atoms with E-state index in [0.29, 0.717) is 19.8 Å². The minimum absolute atomic E-state index is 0. The van der Waals surface area contributed by atoms with Gasteiger partial charge in [-0.15, -0.1) is 0 Å². The SMILES string of the molecule is CCOCCOc1c(OC)ccc2cc3[n+](cc12)CCc1cc2c(cc1-3)OCO2.[Br-]. The third kappa shape index (κ3) is 3.56. The van der Waals surface area contributed by atoms with E-state index >= 15 is 0 Å². The molecule has 0 N–H and O–H groups in total. The summed E-state index contributed by atoms with van der Waals surface area (Å²) in [6.07, 6.45) is 3.11. The number of rotatable bonds is 6. The van der Waals surface area contributed by atoms with E-state index in [9.17, 15) is 0 Å². The van der Waals surface area contributed by atoms with Gasteiger partial charge in [0.15, 0.2) is 35.7 Å². The van der Waals surface area contributed by atoms with Gasteiger partial charge in [0.1, 0.15) is 6.61 Å². The van der Waals surface area contributed by atoms with Crippen LogP contribution >= 0.6 is 0 Å². The molecule has 0 aliphatic carbocycles. The highest BCUT2D eigenvalue weighted by atomic mass is 79.9. The maximum Gasteiger partial charge on any atom is 0.231 e. The van der Waals surface area contributed by atoms with Gasteiger partial charge >= 0.3 is 0 Å². The van der Waals surface area contributed by atoms with Crippen LogP contribution in [0.3, 0.4) is 0 Å². The average Bonchev–Trinajstić information content (AvgIpc) is 3.21. The molecule has 0 unspecified atom stereocenters. The number of nitrogens with zero attached hydrogens (tertiary/aromatic N) is 1. The highest BCUT2D eigenvalue weighted by Crippen LogP contribution is 2.41. The second-order valence-electron chi connectivity index (χ2n) is 7.11. The van der Waals surface area contributed by atoms with Crippen molar-refractivity contribution in [3.05, 3.63) is 42.1 Å². The summed E-state index contributed by atoms with van der Waals surface area (Å²) >= 11 is 0. The summed E-state index contributed by atoms with van der Waals surface area (Å²) in [4.78, 5) is 0. The fraction of sp³-hybridized carbons (Fsp3) is 0.348. The van der Waals surface area contributed by atoms with Crippen molar-refractivity contribution in [2.24, 2.45) is 0 Å². The maximum absolute atomic E-state index is 6.06. The molecule has 5 rings (SSSR count). The van der Waals surface area contributed by atoms with Gasteiger partial charge < -0.3 is 40.7 Å².